The van der Waals surface area contributed by atoms with Gasteiger partial charge in [-0.2, -0.15) is 4.31 Å². The largest absolute Gasteiger partial charge is 0.497 e. The summed E-state index contributed by atoms with van der Waals surface area (Å²) in [5.74, 6) is -3.86. The highest BCUT2D eigenvalue weighted by atomic mass is 32.2. The van der Waals surface area contributed by atoms with Crippen molar-refractivity contribution < 1.29 is 41.0 Å². The Kier molecular flexibility index (Phi) is 9.29. The lowest BCUT2D eigenvalue weighted by molar-refractivity contribution is -0.132. The van der Waals surface area contributed by atoms with Crippen LogP contribution < -0.4 is 13.8 Å². The van der Waals surface area contributed by atoms with Crippen LogP contribution in [-0.4, -0.2) is 106 Å². The molecular formula is C33H37F2N5O7S. The van der Waals surface area contributed by atoms with Gasteiger partial charge in [0.15, 0.2) is 11.6 Å². The van der Waals surface area contributed by atoms with Crippen LogP contribution in [-0.2, 0) is 25.2 Å². The maximum Gasteiger partial charge on any atom is 0.411 e. The first-order valence-electron chi connectivity index (χ1n) is 15.7. The van der Waals surface area contributed by atoms with E-state index in [2.05, 4.69) is 21.8 Å². The molecule has 0 aliphatic carbocycles. The van der Waals surface area contributed by atoms with Crippen LogP contribution in [0.5, 0.6) is 11.6 Å². The van der Waals surface area contributed by atoms with Crippen LogP contribution in [0, 0.1) is 11.6 Å². The second-order valence-corrected chi connectivity index (χ2v) is 13.7. The Bertz CT molecular complexity index is 1800. The number of pyridine rings is 1. The number of ether oxygens (including phenoxy) is 3. The number of hydrogen-bond donors (Lipinski definition) is 0. The number of sulfonamides is 1. The summed E-state index contributed by atoms with van der Waals surface area (Å²) in [6, 6.07) is 9.69. The highest BCUT2D eigenvalue weighted by Crippen LogP contribution is 2.52. The van der Waals surface area contributed by atoms with Gasteiger partial charge in [0.2, 0.25) is 5.88 Å². The molecule has 0 radical (unpaired) electrons. The summed E-state index contributed by atoms with van der Waals surface area (Å²) in [4.78, 5) is 38.8. The number of nitrogens with zero attached hydrogens (tertiary/aromatic N) is 5. The van der Waals surface area contributed by atoms with Gasteiger partial charge in [0.1, 0.15) is 5.75 Å². The van der Waals surface area contributed by atoms with Crippen molar-refractivity contribution in [3.63, 3.8) is 0 Å². The number of piperidine rings is 1. The summed E-state index contributed by atoms with van der Waals surface area (Å²) in [6.45, 7) is 5.40. The van der Waals surface area contributed by atoms with E-state index in [0.717, 1.165) is 25.9 Å². The number of carbonyl (C=O) groups excluding carboxylic acids is 2. The van der Waals surface area contributed by atoms with Crippen molar-refractivity contribution in [3.8, 4) is 11.6 Å². The van der Waals surface area contributed by atoms with Crippen LogP contribution >= 0.6 is 0 Å². The fourth-order valence-corrected chi connectivity index (χ4v) is 8.04. The average molecular weight is 686 g/mol. The first-order chi connectivity index (χ1) is 23.0. The highest BCUT2D eigenvalue weighted by molar-refractivity contribution is 7.93. The van der Waals surface area contributed by atoms with E-state index in [4.69, 9.17) is 14.2 Å². The number of halogens is 2. The van der Waals surface area contributed by atoms with Crippen LogP contribution in [0.3, 0.4) is 0 Å². The molecule has 2 aromatic carbocycles. The van der Waals surface area contributed by atoms with Gasteiger partial charge >= 0.3 is 6.09 Å². The van der Waals surface area contributed by atoms with Gasteiger partial charge < -0.3 is 24.0 Å². The monoisotopic (exact) mass is 685 g/mol. The van der Waals surface area contributed by atoms with Crippen molar-refractivity contribution in [2.45, 2.75) is 36.3 Å². The molecule has 0 saturated carbocycles. The molecule has 15 heteroatoms. The molecule has 3 aliphatic rings. The quantitative estimate of drug-likeness (QED) is 0.348. The third kappa shape index (κ3) is 5.83. The zero-order valence-corrected chi connectivity index (χ0v) is 27.7. The van der Waals surface area contributed by atoms with Gasteiger partial charge in [0, 0.05) is 50.0 Å². The number of aromatic nitrogens is 1. The zero-order chi connectivity index (χ0) is 34.2. The molecule has 12 nitrogen and oxygen atoms in total. The van der Waals surface area contributed by atoms with Crippen molar-refractivity contribution >= 4 is 27.7 Å². The number of benzene rings is 2. The van der Waals surface area contributed by atoms with E-state index >= 15 is 4.39 Å². The lowest BCUT2D eigenvalue weighted by atomic mass is 9.87. The number of likely N-dealkylation sites (tertiary alicyclic amines) is 1. The maximum atomic E-state index is 15.1. The lowest BCUT2D eigenvalue weighted by Crippen LogP contribution is -2.55. The summed E-state index contributed by atoms with van der Waals surface area (Å²) in [5, 5.41) is 0. The molecule has 0 bridgehead atoms. The maximum absolute atomic E-state index is 15.1. The number of carbonyl (C=O) groups is 2. The molecule has 2 saturated heterocycles. The minimum absolute atomic E-state index is 0.0830. The van der Waals surface area contributed by atoms with E-state index in [0.29, 0.717) is 41.3 Å². The van der Waals surface area contributed by atoms with Crippen molar-refractivity contribution in [3.05, 3.63) is 77.5 Å². The van der Waals surface area contributed by atoms with Crippen LogP contribution in [0.2, 0.25) is 0 Å². The highest BCUT2D eigenvalue weighted by Gasteiger charge is 2.61. The van der Waals surface area contributed by atoms with Crippen molar-refractivity contribution in [2.75, 3.05) is 64.3 Å². The summed E-state index contributed by atoms with van der Waals surface area (Å²) < 4.78 is 75.6. The number of amides is 2. The molecule has 2 amide bonds. The summed E-state index contributed by atoms with van der Waals surface area (Å²) >= 11 is 0. The van der Waals surface area contributed by atoms with Gasteiger partial charge in [0.25, 0.3) is 21.5 Å². The van der Waals surface area contributed by atoms with Crippen molar-refractivity contribution in [1.82, 2.24) is 19.7 Å². The predicted octanol–water partition coefficient (Wildman–Crippen LogP) is 3.59. The molecule has 256 valence electrons. The van der Waals surface area contributed by atoms with Crippen LogP contribution in [0.1, 0.15) is 30.9 Å². The smallest absolute Gasteiger partial charge is 0.411 e. The second kappa shape index (κ2) is 13.3. The molecule has 0 spiro atoms. The normalized spacial score (nSPS) is 20.9. The van der Waals surface area contributed by atoms with E-state index in [9.17, 15) is 22.4 Å². The zero-order valence-electron chi connectivity index (χ0n) is 26.9. The first kappa shape index (κ1) is 33.6. The SMILES string of the molecule is CCOc1ncccc1C1(OC(=O)N2CCN(C3CCN(C)CC3)CC2)C(=O)N(S(=O)(=O)c2ccc(OC)cc2)c2cc(F)c(F)cc21. The third-order valence-corrected chi connectivity index (χ3v) is 10.9. The molecular weight excluding hydrogens is 648 g/mol. The van der Waals surface area contributed by atoms with Gasteiger partial charge in [-0.25, -0.2) is 27.0 Å². The second-order valence-electron chi connectivity index (χ2n) is 11.9. The predicted molar refractivity (Wildman–Crippen MR) is 170 cm³/mol. The molecule has 3 aromatic rings. The standard InChI is InChI=1S/C33H37F2N5O7S/c1-4-46-30-25(6-5-13-36-30)33(47-32(42)39-18-16-38(17-19-39)22-11-14-37(2)15-12-22)26-20-27(34)28(35)21-29(26)40(31(33)41)48(43,44)24-9-7-23(45-3)8-10-24/h5-10,13,20-22H,4,11-12,14-19H2,1-3H3. The lowest BCUT2D eigenvalue weighted by Gasteiger charge is -2.42. The topological polar surface area (TPSA) is 122 Å². The van der Waals surface area contributed by atoms with Crippen molar-refractivity contribution in [1.29, 1.82) is 0 Å². The van der Waals surface area contributed by atoms with Crippen molar-refractivity contribution in [2.24, 2.45) is 0 Å². The summed E-state index contributed by atoms with van der Waals surface area (Å²) in [6.07, 6.45) is 2.47. The van der Waals surface area contributed by atoms with E-state index < -0.39 is 50.5 Å². The average Bonchev–Trinajstić information content (AvgIpc) is 3.32. The molecule has 48 heavy (non-hydrogen) atoms. The van der Waals surface area contributed by atoms with Gasteiger partial charge in [0.05, 0.1) is 29.9 Å². The Morgan fingerprint density at radius 1 is 0.979 bits per heavy atom. The van der Waals surface area contributed by atoms with E-state index in [1.54, 1.807) is 6.92 Å². The van der Waals surface area contributed by atoms with Gasteiger partial charge in [-0.1, -0.05) is 0 Å². The van der Waals surface area contributed by atoms with Crippen LogP contribution in [0.15, 0.2) is 59.6 Å². The van der Waals surface area contributed by atoms with Gasteiger partial charge in [-0.05, 0) is 82.4 Å². The molecule has 2 fully saturated rings. The van der Waals surface area contributed by atoms with Crippen LogP contribution in [0.25, 0.3) is 0 Å². The number of methoxy groups -OCH3 is 1. The third-order valence-electron chi connectivity index (χ3n) is 9.17. The molecule has 4 heterocycles. The Balaban J connectivity index is 1.43. The van der Waals surface area contributed by atoms with Gasteiger partial charge in [-0.3, -0.25) is 9.69 Å². The molecule has 0 N–H and O–H groups in total. The minimum atomic E-state index is -4.78. The Labute approximate surface area is 277 Å². The molecule has 1 aromatic heterocycles. The van der Waals surface area contributed by atoms with Gasteiger partial charge in [-0.15, -0.1) is 0 Å². The number of piperazine rings is 1. The molecule has 1 unspecified atom stereocenters. The minimum Gasteiger partial charge on any atom is -0.497 e. The van der Waals surface area contributed by atoms with E-state index in [1.165, 1.54) is 54.6 Å². The van der Waals surface area contributed by atoms with E-state index in [-0.39, 0.29) is 36.0 Å². The molecule has 1 atom stereocenters. The first-order valence-corrected chi connectivity index (χ1v) is 17.2. The molecule has 3 aliphatic heterocycles. The number of rotatable bonds is 8. The van der Waals surface area contributed by atoms with Crippen LogP contribution in [0.4, 0.5) is 19.3 Å². The Hall–Kier alpha value is -4.34. The Morgan fingerprint density at radius 2 is 1.65 bits per heavy atom. The van der Waals surface area contributed by atoms with E-state index in [1.807, 2.05) is 0 Å². The number of hydrogen-bond acceptors (Lipinski definition) is 10. The molecule has 6 rings (SSSR count). The summed E-state index contributed by atoms with van der Waals surface area (Å²) in [5.41, 5.74) is -3.66. The number of anilines is 1. The Morgan fingerprint density at radius 3 is 2.29 bits per heavy atom. The number of fused-ring (bicyclic) bond motifs is 1. The fourth-order valence-electron chi connectivity index (χ4n) is 6.60. The summed E-state index contributed by atoms with van der Waals surface area (Å²) in [7, 11) is -1.29. The fraction of sp³-hybridized carbons (Fsp3) is 0.424.